The van der Waals surface area contributed by atoms with Gasteiger partial charge < -0.3 is 10.2 Å². The Hall–Kier alpha value is -3.40. The molecule has 0 aliphatic carbocycles. The second-order valence-electron chi connectivity index (χ2n) is 8.96. The number of hydrogen-bond acceptors (Lipinski definition) is 2. The Labute approximate surface area is 197 Å². The van der Waals surface area contributed by atoms with Crippen LogP contribution in [0.15, 0.2) is 84.9 Å². The molecule has 1 unspecified atom stereocenters. The molecule has 0 bridgehead atoms. The molecule has 0 fully saturated rings. The zero-order chi connectivity index (χ0) is 23.6. The van der Waals surface area contributed by atoms with Crippen LogP contribution in [0.2, 0.25) is 0 Å². The van der Waals surface area contributed by atoms with E-state index in [1.165, 1.54) is 0 Å². The Morgan fingerprint density at radius 1 is 0.818 bits per heavy atom. The monoisotopic (exact) mass is 442 g/mol. The van der Waals surface area contributed by atoms with E-state index in [0.717, 1.165) is 22.3 Å². The maximum absolute atomic E-state index is 13.6. The minimum absolute atomic E-state index is 0.0509. The second-order valence-corrected chi connectivity index (χ2v) is 8.96. The van der Waals surface area contributed by atoms with Crippen LogP contribution in [0.3, 0.4) is 0 Å². The summed E-state index contributed by atoms with van der Waals surface area (Å²) in [5, 5.41) is 3.07. The number of benzene rings is 3. The summed E-state index contributed by atoms with van der Waals surface area (Å²) in [6.07, 6.45) is 0.729. The molecule has 1 N–H and O–H groups in total. The third-order valence-corrected chi connectivity index (χ3v) is 5.76. The Kier molecular flexibility index (Phi) is 8.82. The molecule has 0 aliphatic heterocycles. The molecular formula is C29H34N2O2. The van der Waals surface area contributed by atoms with Gasteiger partial charge in [-0.1, -0.05) is 98.8 Å². The van der Waals surface area contributed by atoms with Crippen molar-refractivity contribution in [3.8, 4) is 0 Å². The van der Waals surface area contributed by atoms with Gasteiger partial charge >= 0.3 is 0 Å². The number of nitrogens with zero attached hydrogens (tertiary/aromatic N) is 1. The lowest BCUT2D eigenvalue weighted by atomic mass is 10.00. The zero-order valence-electron chi connectivity index (χ0n) is 19.8. The highest BCUT2D eigenvalue weighted by Gasteiger charge is 2.30. The number of rotatable bonds is 10. The van der Waals surface area contributed by atoms with E-state index in [4.69, 9.17) is 0 Å². The summed E-state index contributed by atoms with van der Waals surface area (Å²) < 4.78 is 0. The fraction of sp³-hybridized carbons (Fsp3) is 0.310. The molecule has 2 amide bonds. The molecule has 0 radical (unpaired) electrons. The summed E-state index contributed by atoms with van der Waals surface area (Å²) in [6, 6.07) is 27.1. The van der Waals surface area contributed by atoms with Crippen molar-refractivity contribution in [1.82, 2.24) is 10.2 Å². The van der Waals surface area contributed by atoms with Crippen LogP contribution in [-0.2, 0) is 29.0 Å². The minimum Gasteiger partial charge on any atom is -0.354 e. The molecule has 4 nitrogen and oxygen atoms in total. The molecule has 0 aromatic heterocycles. The molecule has 0 aliphatic rings. The lowest BCUT2D eigenvalue weighted by Gasteiger charge is -2.32. The first kappa shape index (κ1) is 24.2. The summed E-state index contributed by atoms with van der Waals surface area (Å²) in [4.78, 5) is 28.8. The highest BCUT2D eigenvalue weighted by Crippen LogP contribution is 2.18. The summed E-state index contributed by atoms with van der Waals surface area (Å²) in [5.41, 5.74) is 4.13. The molecule has 3 aromatic rings. The van der Waals surface area contributed by atoms with Crippen LogP contribution in [0.25, 0.3) is 0 Å². The average molecular weight is 443 g/mol. The fourth-order valence-electron chi connectivity index (χ4n) is 3.82. The Morgan fingerprint density at radius 3 is 2.00 bits per heavy atom. The molecule has 33 heavy (non-hydrogen) atoms. The van der Waals surface area contributed by atoms with Crippen LogP contribution in [0.1, 0.15) is 36.1 Å². The molecule has 0 saturated heterocycles. The van der Waals surface area contributed by atoms with Crippen LogP contribution in [0, 0.1) is 12.8 Å². The predicted molar refractivity (Wildman–Crippen MR) is 134 cm³/mol. The number of hydrogen-bond donors (Lipinski definition) is 1. The first-order valence-corrected chi connectivity index (χ1v) is 11.6. The quantitative estimate of drug-likeness (QED) is 0.483. The van der Waals surface area contributed by atoms with Gasteiger partial charge in [0.25, 0.3) is 0 Å². The van der Waals surface area contributed by atoms with E-state index in [1.54, 1.807) is 4.90 Å². The van der Waals surface area contributed by atoms with Gasteiger partial charge in [0.15, 0.2) is 0 Å². The van der Waals surface area contributed by atoms with Crippen LogP contribution in [-0.4, -0.2) is 29.3 Å². The van der Waals surface area contributed by atoms with Crippen molar-refractivity contribution < 1.29 is 9.59 Å². The molecule has 172 valence electrons. The summed E-state index contributed by atoms with van der Waals surface area (Å²) in [5.74, 6) is 0.170. The van der Waals surface area contributed by atoms with Crippen molar-refractivity contribution in [3.63, 3.8) is 0 Å². The number of nitrogens with one attached hydrogen (secondary N) is 1. The van der Waals surface area contributed by atoms with Crippen molar-refractivity contribution in [2.45, 2.75) is 46.2 Å². The van der Waals surface area contributed by atoms with Crippen molar-refractivity contribution in [2.75, 3.05) is 6.54 Å². The van der Waals surface area contributed by atoms with E-state index < -0.39 is 6.04 Å². The van der Waals surface area contributed by atoms with Crippen LogP contribution < -0.4 is 5.32 Å². The molecule has 1 atom stereocenters. The van der Waals surface area contributed by atoms with Gasteiger partial charge in [-0.2, -0.15) is 0 Å². The first-order chi connectivity index (χ1) is 15.9. The molecule has 0 spiro atoms. The van der Waals surface area contributed by atoms with Gasteiger partial charge in [0, 0.05) is 19.5 Å². The van der Waals surface area contributed by atoms with Gasteiger partial charge in [-0.25, -0.2) is 0 Å². The van der Waals surface area contributed by atoms with Crippen molar-refractivity contribution in [2.24, 2.45) is 5.92 Å². The highest BCUT2D eigenvalue weighted by atomic mass is 16.2. The number of aryl methyl sites for hydroxylation is 1. The lowest BCUT2D eigenvalue weighted by molar-refractivity contribution is -0.140. The van der Waals surface area contributed by atoms with E-state index >= 15 is 0 Å². The zero-order valence-corrected chi connectivity index (χ0v) is 19.8. The number of amides is 2. The predicted octanol–water partition coefficient (Wildman–Crippen LogP) is 4.95. The van der Waals surface area contributed by atoms with Gasteiger partial charge in [0.2, 0.25) is 11.8 Å². The first-order valence-electron chi connectivity index (χ1n) is 11.6. The van der Waals surface area contributed by atoms with Gasteiger partial charge in [-0.15, -0.1) is 0 Å². The topological polar surface area (TPSA) is 49.4 Å². The van der Waals surface area contributed by atoms with Crippen LogP contribution in [0.5, 0.6) is 0 Å². The molecule has 4 heteroatoms. The SMILES string of the molecule is Cc1ccccc1CN(C(=O)Cc1ccccc1)C(Cc1ccccc1)C(=O)NCC(C)C. The van der Waals surface area contributed by atoms with E-state index in [2.05, 4.69) is 19.2 Å². The standard InChI is InChI=1S/C29H34N2O2/c1-22(2)20-30-29(33)27(18-24-13-6-4-7-14-24)31(21-26-17-11-10-12-23(26)3)28(32)19-25-15-8-5-9-16-25/h4-17,22,27H,18-21H2,1-3H3,(H,30,33). The third-order valence-electron chi connectivity index (χ3n) is 5.76. The van der Waals surface area contributed by atoms with E-state index in [-0.39, 0.29) is 18.2 Å². The van der Waals surface area contributed by atoms with Crippen molar-refractivity contribution >= 4 is 11.8 Å². The van der Waals surface area contributed by atoms with Crippen molar-refractivity contribution in [3.05, 3.63) is 107 Å². The minimum atomic E-state index is -0.595. The Bertz CT molecular complexity index is 1030. The lowest BCUT2D eigenvalue weighted by Crippen LogP contribution is -2.51. The largest absolute Gasteiger partial charge is 0.354 e. The summed E-state index contributed by atoms with van der Waals surface area (Å²) in [7, 11) is 0. The number of carbonyl (C=O) groups is 2. The highest BCUT2D eigenvalue weighted by molar-refractivity contribution is 5.88. The molecule has 0 saturated carbocycles. The second kappa shape index (κ2) is 12.0. The molecule has 0 heterocycles. The summed E-state index contributed by atoms with van der Waals surface area (Å²) in [6.45, 7) is 7.15. The fourth-order valence-corrected chi connectivity index (χ4v) is 3.82. The smallest absolute Gasteiger partial charge is 0.243 e. The van der Waals surface area contributed by atoms with Crippen molar-refractivity contribution in [1.29, 1.82) is 0 Å². The Morgan fingerprint density at radius 2 is 1.39 bits per heavy atom. The van der Waals surface area contributed by atoms with Crippen LogP contribution in [0.4, 0.5) is 0 Å². The van der Waals surface area contributed by atoms with E-state index in [0.29, 0.717) is 25.4 Å². The third kappa shape index (κ3) is 7.31. The average Bonchev–Trinajstić information content (AvgIpc) is 2.82. The molecule has 3 aromatic carbocycles. The van der Waals surface area contributed by atoms with E-state index in [9.17, 15) is 9.59 Å². The van der Waals surface area contributed by atoms with Gasteiger partial charge in [0.1, 0.15) is 6.04 Å². The van der Waals surface area contributed by atoms with E-state index in [1.807, 2.05) is 91.9 Å². The maximum atomic E-state index is 13.6. The van der Waals surface area contributed by atoms with Gasteiger partial charge in [-0.3, -0.25) is 9.59 Å². The molecule has 3 rings (SSSR count). The summed E-state index contributed by atoms with van der Waals surface area (Å²) >= 11 is 0. The maximum Gasteiger partial charge on any atom is 0.243 e. The molecular weight excluding hydrogens is 408 g/mol. The Balaban J connectivity index is 1.95. The normalized spacial score (nSPS) is 11.8. The van der Waals surface area contributed by atoms with Crippen LogP contribution >= 0.6 is 0 Å². The van der Waals surface area contributed by atoms with Gasteiger partial charge in [-0.05, 0) is 35.1 Å². The number of carbonyl (C=O) groups excluding carboxylic acids is 2. The van der Waals surface area contributed by atoms with Gasteiger partial charge in [0.05, 0.1) is 6.42 Å².